The summed E-state index contributed by atoms with van der Waals surface area (Å²) in [5.74, 6) is -1.20. The first-order chi connectivity index (χ1) is 10.6. The van der Waals surface area contributed by atoms with Crippen molar-refractivity contribution >= 4 is 11.9 Å². The number of nitrogens with one attached hydrogen (secondary N) is 2. The van der Waals surface area contributed by atoms with E-state index in [0.29, 0.717) is 12.5 Å². The minimum atomic E-state index is -0.945. The van der Waals surface area contributed by atoms with Gasteiger partial charge in [0.05, 0.1) is 0 Å². The van der Waals surface area contributed by atoms with E-state index in [2.05, 4.69) is 10.6 Å². The van der Waals surface area contributed by atoms with Crippen molar-refractivity contribution in [1.82, 2.24) is 10.6 Å². The van der Waals surface area contributed by atoms with Gasteiger partial charge in [0, 0.05) is 12.1 Å². The molecular formula is C17H28N2O3. The Morgan fingerprint density at radius 1 is 1.18 bits per heavy atom. The number of allylic oxidation sites excluding steroid dienone is 1. The van der Waals surface area contributed by atoms with Crippen molar-refractivity contribution in [3.63, 3.8) is 0 Å². The molecule has 0 radical (unpaired) electrons. The Kier molecular flexibility index (Phi) is 6.90. The van der Waals surface area contributed by atoms with Crippen LogP contribution in [0.25, 0.3) is 0 Å². The summed E-state index contributed by atoms with van der Waals surface area (Å²) in [6.45, 7) is 0.825. The molecule has 0 unspecified atom stereocenters. The van der Waals surface area contributed by atoms with Gasteiger partial charge in [-0.15, -0.1) is 0 Å². The lowest BCUT2D eigenvalue weighted by Crippen LogP contribution is -2.40. The molecule has 0 aliphatic heterocycles. The fraction of sp³-hybridized carbons (Fsp3) is 0.765. The van der Waals surface area contributed by atoms with E-state index in [4.69, 9.17) is 0 Å². The third kappa shape index (κ3) is 5.79. The van der Waals surface area contributed by atoms with Crippen LogP contribution in [0.5, 0.6) is 0 Å². The van der Waals surface area contributed by atoms with Crippen LogP contribution in [0.4, 0.5) is 0 Å². The van der Waals surface area contributed by atoms with E-state index in [1.54, 1.807) is 6.08 Å². The Balaban J connectivity index is 1.68. The van der Waals surface area contributed by atoms with Crippen molar-refractivity contribution < 1.29 is 14.7 Å². The molecule has 2 rings (SSSR count). The summed E-state index contributed by atoms with van der Waals surface area (Å²) in [4.78, 5) is 23.2. The van der Waals surface area contributed by atoms with E-state index in [1.807, 2.05) is 0 Å². The number of hydrogen-bond acceptors (Lipinski definition) is 3. The van der Waals surface area contributed by atoms with E-state index >= 15 is 0 Å². The van der Waals surface area contributed by atoms with Crippen LogP contribution in [-0.2, 0) is 9.59 Å². The number of carboxylic acid groups (broad SMARTS) is 1. The monoisotopic (exact) mass is 308 g/mol. The molecule has 5 heteroatoms. The minimum absolute atomic E-state index is 0.256. The molecule has 3 N–H and O–H groups in total. The Labute approximate surface area is 132 Å². The quantitative estimate of drug-likeness (QED) is 0.475. The van der Waals surface area contributed by atoms with Crippen LogP contribution >= 0.6 is 0 Å². The largest absolute Gasteiger partial charge is 0.480 e. The van der Waals surface area contributed by atoms with Gasteiger partial charge >= 0.3 is 5.97 Å². The Bertz CT molecular complexity index is 406. The van der Waals surface area contributed by atoms with E-state index in [1.165, 1.54) is 25.7 Å². The second kappa shape index (κ2) is 8.93. The summed E-state index contributed by atoms with van der Waals surface area (Å²) in [5, 5.41) is 15.3. The Morgan fingerprint density at radius 2 is 1.86 bits per heavy atom. The maximum absolute atomic E-state index is 11.9. The first kappa shape index (κ1) is 17.0. The first-order valence-corrected chi connectivity index (χ1v) is 8.61. The number of carbonyl (C=O) groups is 2. The molecule has 2 aliphatic rings. The van der Waals surface area contributed by atoms with Crippen LogP contribution < -0.4 is 10.6 Å². The molecule has 0 aromatic rings. The zero-order valence-corrected chi connectivity index (χ0v) is 13.3. The van der Waals surface area contributed by atoms with Gasteiger partial charge < -0.3 is 15.7 Å². The fourth-order valence-electron chi connectivity index (χ4n) is 3.37. The lowest BCUT2D eigenvalue weighted by atomic mass is 10.1. The average molecular weight is 308 g/mol. The number of carbonyl (C=O) groups excluding carboxylic acids is 1. The van der Waals surface area contributed by atoms with Gasteiger partial charge in [-0.2, -0.15) is 0 Å². The van der Waals surface area contributed by atoms with Gasteiger partial charge in [0.25, 0.3) is 0 Å². The summed E-state index contributed by atoms with van der Waals surface area (Å²) >= 11 is 0. The van der Waals surface area contributed by atoms with Gasteiger partial charge in [-0.25, -0.2) is 4.79 Å². The molecule has 0 aromatic heterocycles. The topological polar surface area (TPSA) is 78.4 Å². The third-order valence-corrected chi connectivity index (χ3v) is 4.65. The van der Waals surface area contributed by atoms with Crippen molar-refractivity contribution in [1.29, 1.82) is 0 Å². The maximum Gasteiger partial charge on any atom is 0.326 e. The standard InChI is InChI=1S/C17H28N2O3/c20-16(12-13-6-1-2-7-13)19-15(17(21)22)10-5-11-18-14-8-3-4-9-14/h12,14-15,18H,1-11H2,(H,19,20)(H,21,22)/t15-/m0/s1. The molecule has 22 heavy (non-hydrogen) atoms. The molecule has 1 atom stereocenters. The normalized spacial score (nSPS) is 20.1. The van der Waals surface area contributed by atoms with Crippen molar-refractivity contribution in [2.75, 3.05) is 6.54 Å². The minimum Gasteiger partial charge on any atom is -0.480 e. The molecule has 0 spiro atoms. The van der Waals surface area contributed by atoms with E-state index in [9.17, 15) is 14.7 Å². The van der Waals surface area contributed by atoms with Gasteiger partial charge in [0.1, 0.15) is 6.04 Å². The smallest absolute Gasteiger partial charge is 0.326 e. The summed E-state index contributed by atoms with van der Waals surface area (Å²) in [5.41, 5.74) is 1.14. The molecule has 0 aromatic carbocycles. The lowest BCUT2D eigenvalue weighted by molar-refractivity contribution is -0.141. The molecule has 0 heterocycles. The second-order valence-electron chi connectivity index (χ2n) is 6.49. The second-order valence-corrected chi connectivity index (χ2v) is 6.49. The molecule has 2 fully saturated rings. The average Bonchev–Trinajstić information content (AvgIpc) is 3.15. The van der Waals surface area contributed by atoms with Crippen molar-refractivity contribution in [3.05, 3.63) is 11.6 Å². The maximum atomic E-state index is 11.9. The Hall–Kier alpha value is -1.36. The van der Waals surface area contributed by atoms with Crippen LogP contribution in [-0.4, -0.2) is 35.6 Å². The third-order valence-electron chi connectivity index (χ3n) is 4.65. The number of hydrogen-bond donors (Lipinski definition) is 3. The molecule has 0 bridgehead atoms. The van der Waals surface area contributed by atoms with Crippen LogP contribution in [0.3, 0.4) is 0 Å². The molecule has 0 saturated heterocycles. The van der Waals surface area contributed by atoms with Crippen molar-refractivity contribution in [3.8, 4) is 0 Å². The summed E-state index contributed by atoms with van der Waals surface area (Å²) in [7, 11) is 0. The van der Waals surface area contributed by atoms with Crippen molar-refractivity contribution in [2.24, 2.45) is 0 Å². The first-order valence-electron chi connectivity index (χ1n) is 8.61. The predicted molar refractivity (Wildman–Crippen MR) is 85.6 cm³/mol. The van der Waals surface area contributed by atoms with E-state index < -0.39 is 12.0 Å². The Morgan fingerprint density at radius 3 is 2.50 bits per heavy atom. The summed E-state index contributed by atoms with van der Waals surface area (Å²) in [6.07, 6.45) is 12.1. The van der Waals surface area contributed by atoms with Gasteiger partial charge in [0.15, 0.2) is 0 Å². The highest BCUT2D eigenvalue weighted by Gasteiger charge is 2.20. The molecule has 2 saturated carbocycles. The number of carboxylic acids is 1. The highest BCUT2D eigenvalue weighted by molar-refractivity contribution is 5.91. The van der Waals surface area contributed by atoms with E-state index in [0.717, 1.165) is 44.2 Å². The van der Waals surface area contributed by atoms with Gasteiger partial charge in [-0.1, -0.05) is 18.4 Å². The van der Waals surface area contributed by atoms with Crippen LogP contribution in [0.2, 0.25) is 0 Å². The molecule has 2 aliphatic carbocycles. The lowest BCUT2D eigenvalue weighted by Gasteiger charge is -2.15. The number of rotatable bonds is 8. The molecular weight excluding hydrogens is 280 g/mol. The molecule has 1 amide bonds. The van der Waals surface area contributed by atoms with Gasteiger partial charge in [-0.3, -0.25) is 4.79 Å². The van der Waals surface area contributed by atoms with E-state index in [-0.39, 0.29) is 5.91 Å². The SMILES string of the molecule is O=C(C=C1CCCC1)N[C@@H](CCCNC1CCCC1)C(=O)O. The molecule has 5 nitrogen and oxygen atoms in total. The predicted octanol–water partition coefficient (Wildman–Crippen LogP) is 2.37. The zero-order valence-electron chi connectivity index (χ0n) is 13.3. The fourth-order valence-corrected chi connectivity index (χ4v) is 3.37. The van der Waals surface area contributed by atoms with Crippen LogP contribution in [0.15, 0.2) is 11.6 Å². The van der Waals surface area contributed by atoms with Crippen LogP contribution in [0.1, 0.15) is 64.2 Å². The summed E-state index contributed by atoms with van der Waals surface area (Å²) < 4.78 is 0. The highest BCUT2D eigenvalue weighted by Crippen LogP contribution is 2.23. The van der Waals surface area contributed by atoms with Crippen LogP contribution in [0, 0.1) is 0 Å². The van der Waals surface area contributed by atoms with Gasteiger partial charge in [0.2, 0.25) is 5.91 Å². The highest BCUT2D eigenvalue weighted by atomic mass is 16.4. The zero-order chi connectivity index (χ0) is 15.8. The van der Waals surface area contributed by atoms with Crippen molar-refractivity contribution in [2.45, 2.75) is 76.3 Å². The summed E-state index contributed by atoms with van der Waals surface area (Å²) in [6, 6.07) is -0.180. The molecule has 124 valence electrons. The van der Waals surface area contributed by atoms with Gasteiger partial charge in [-0.05, 0) is 57.9 Å². The number of amides is 1. The number of aliphatic carboxylic acids is 1.